The van der Waals surface area contributed by atoms with Crippen LogP contribution in [0.3, 0.4) is 0 Å². The van der Waals surface area contributed by atoms with E-state index in [-0.39, 0.29) is 48.1 Å². The molecule has 0 saturated carbocycles. The molecule has 0 aliphatic rings. The summed E-state index contributed by atoms with van der Waals surface area (Å²) in [5.74, 6) is 0. The van der Waals surface area contributed by atoms with Crippen LogP contribution in [0.1, 0.15) is 65.2 Å². The predicted octanol–water partition coefficient (Wildman–Crippen LogP) is -2.82. The molecular formula is C18H48N2NaO15P4+. The molecule has 0 aromatic rings. The van der Waals surface area contributed by atoms with Gasteiger partial charge in [-0.2, -0.15) is 0 Å². The van der Waals surface area contributed by atoms with Crippen molar-refractivity contribution in [2.75, 3.05) is 40.3 Å². The van der Waals surface area contributed by atoms with Crippen LogP contribution in [-0.2, 0) is 18.3 Å². The van der Waals surface area contributed by atoms with E-state index >= 15 is 0 Å². The molecule has 0 bridgehead atoms. The summed E-state index contributed by atoms with van der Waals surface area (Å²) in [6.07, 6.45) is 4.38. The molecule has 0 aliphatic carbocycles. The molecule has 0 aromatic carbocycles. The second kappa shape index (κ2) is 20.4. The van der Waals surface area contributed by atoms with Gasteiger partial charge in [-0.3, -0.25) is 18.3 Å². The minimum atomic E-state index is -5.33. The van der Waals surface area contributed by atoms with Gasteiger partial charge in [0.05, 0.1) is 0 Å². The van der Waals surface area contributed by atoms with Crippen LogP contribution in [0, 0.1) is 0 Å². The summed E-state index contributed by atoms with van der Waals surface area (Å²) in [7, 11) is -18.0. The van der Waals surface area contributed by atoms with Crippen LogP contribution in [0.15, 0.2) is 0 Å². The maximum absolute atomic E-state index is 11.1. The van der Waals surface area contributed by atoms with E-state index in [1.165, 1.54) is 0 Å². The fourth-order valence-electron chi connectivity index (χ4n) is 3.09. The van der Waals surface area contributed by atoms with Crippen molar-refractivity contribution in [3.8, 4) is 0 Å². The zero-order valence-corrected chi connectivity index (χ0v) is 29.4. The van der Waals surface area contributed by atoms with Crippen molar-refractivity contribution in [3.05, 3.63) is 0 Å². The Kier molecular flexibility index (Phi) is 24.7. The fourth-order valence-corrected chi connectivity index (χ4v) is 7.37. The van der Waals surface area contributed by atoms with Gasteiger partial charge in [-0.05, 0) is 40.0 Å². The van der Waals surface area contributed by atoms with Gasteiger partial charge in [0.2, 0.25) is 0 Å². The first kappa shape index (κ1) is 48.3. The van der Waals surface area contributed by atoms with E-state index in [4.69, 9.17) is 39.1 Å². The van der Waals surface area contributed by atoms with Crippen molar-refractivity contribution in [2.24, 2.45) is 0 Å². The molecule has 12 N–H and O–H groups in total. The number of hydrogen-bond acceptors (Lipinski definition) is 8. The van der Waals surface area contributed by atoms with Crippen LogP contribution < -0.4 is 29.6 Å². The second-order valence-corrected chi connectivity index (χ2v) is 17.3. The van der Waals surface area contributed by atoms with E-state index < -0.39 is 53.4 Å². The molecule has 0 aromatic heterocycles. The van der Waals surface area contributed by atoms with Gasteiger partial charge < -0.3 is 64.6 Å². The van der Waals surface area contributed by atoms with Gasteiger partial charge in [0.1, 0.15) is 0 Å². The van der Waals surface area contributed by atoms with E-state index in [0.717, 1.165) is 38.5 Å². The summed E-state index contributed by atoms with van der Waals surface area (Å²) in [5, 5.41) is 12.7. The minimum absolute atomic E-state index is 0. The first-order valence-corrected chi connectivity index (χ1v) is 18.4. The normalized spacial score (nSPS) is 13.4. The molecule has 0 atom stereocenters. The predicted molar refractivity (Wildman–Crippen MR) is 145 cm³/mol. The van der Waals surface area contributed by atoms with Crippen LogP contribution in [0.2, 0.25) is 0 Å². The second-order valence-electron chi connectivity index (χ2n) is 9.25. The van der Waals surface area contributed by atoms with Gasteiger partial charge in [-0.15, -0.1) is 0 Å². The van der Waals surface area contributed by atoms with Crippen molar-refractivity contribution in [1.29, 1.82) is 0 Å². The zero-order valence-electron chi connectivity index (χ0n) is 23.8. The smallest absolute Gasteiger partial charge is 0.412 e. The molecule has 0 radical (unpaired) electrons. The largest absolute Gasteiger partial charge is 1.00 e. The topological polar surface area (TPSA) is 309 Å². The van der Waals surface area contributed by atoms with Crippen molar-refractivity contribution < 1.29 is 103 Å². The van der Waals surface area contributed by atoms with Crippen molar-refractivity contribution in [2.45, 2.75) is 75.4 Å². The molecule has 22 heteroatoms. The van der Waals surface area contributed by atoms with Gasteiger partial charge in [0.25, 0.3) is 10.2 Å². The average Bonchev–Trinajstić information content (AvgIpc) is 2.73. The fraction of sp³-hybridized carbons (Fsp3) is 1.00. The minimum Gasteiger partial charge on any atom is -0.412 e. The Bertz CT molecular complexity index is 761. The summed E-state index contributed by atoms with van der Waals surface area (Å²) in [5.41, 5.74) is 0. The van der Waals surface area contributed by atoms with Crippen LogP contribution in [0.25, 0.3) is 0 Å². The number of aliphatic hydroxyl groups is 2. The molecule has 0 aliphatic heterocycles. The van der Waals surface area contributed by atoms with E-state index in [0.29, 0.717) is 13.1 Å². The van der Waals surface area contributed by atoms with Gasteiger partial charge in [0, 0.05) is 25.9 Å². The Labute approximate surface area is 257 Å². The van der Waals surface area contributed by atoms with Gasteiger partial charge in [-0.25, -0.2) is 0 Å². The van der Waals surface area contributed by atoms with Crippen LogP contribution in [0.5, 0.6) is 0 Å². The Morgan fingerprint density at radius 3 is 0.925 bits per heavy atom. The van der Waals surface area contributed by atoms with Crippen molar-refractivity contribution >= 4 is 30.4 Å². The zero-order chi connectivity index (χ0) is 30.6. The van der Waals surface area contributed by atoms with Gasteiger partial charge in [-0.1, -0.05) is 39.5 Å². The molecule has 0 saturated heterocycles. The monoisotopic (exact) mass is 679 g/mol. The molecular weight excluding hydrogens is 631 g/mol. The molecule has 0 spiro atoms. The SMILES string of the molecule is CCCCCN(C)CCC(O)(P(=O)(O)O)P(=O)(O)O.CCCCCN(C)CCC(O)(P(=O)(O)O)P(=O)(O)O.O.[Na+]. The van der Waals surface area contributed by atoms with Gasteiger partial charge >= 0.3 is 59.9 Å². The number of hydrogen-bond donors (Lipinski definition) is 10. The molecule has 0 rings (SSSR count). The third kappa shape index (κ3) is 16.5. The molecule has 17 nitrogen and oxygen atoms in total. The first-order valence-electron chi connectivity index (χ1n) is 12.0. The molecule has 0 heterocycles. The number of nitrogens with zero attached hydrogens (tertiary/aromatic N) is 2. The standard InChI is InChI=1S/2C9H23NO7P2.Na.H2O/c2*1-3-4-5-7-10(2)8-6-9(11,18(12,13)14)19(15,16)17;;/h2*11H,3-8H2,1-2H3,(H2,12,13,14)(H2,15,16,17);;1H2/q;;+1;. The quantitative estimate of drug-likeness (QED) is 0.0397. The van der Waals surface area contributed by atoms with Crippen LogP contribution >= 0.6 is 30.4 Å². The van der Waals surface area contributed by atoms with E-state index in [1.807, 2.05) is 13.8 Å². The van der Waals surface area contributed by atoms with Crippen LogP contribution in [-0.4, -0.2) is 115 Å². The van der Waals surface area contributed by atoms with Crippen LogP contribution in [0.4, 0.5) is 0 Å². The Balaban J connectivity index is -0.000000309. The summed E-state index contributed by atoms with van der Waals surface area (Å²) < 4.78 is 44.4. The van der Waals surface area contributed by atoms with Gasteiger partial charge in [0.15, 0.2) is 0 Å². The van der Waals surface area contributed by atoms with Crippen molar-refractivity contribution in [3.63, 3.8) is 0 Å². The summed E-state index contributed by atoms with van der Waals surface area (Å²) in [6, 6.07) is 0. The molecule has 40 heavy (non-hydrogen) atoms. The Hall–Kier alpha value is 1.40. The summed E-state index contributed by atoms with van der Waals surface area (Å²) in [6.45, 7) is 5.28. The number of unbranched alkanes of at least 4 members (excludes halogenated alkanes) is 4. The molecule has 0 amide bonds. The summed E-state index contributed by atoms with van der Waals surface area (Å²) in [4.78, 5) is 74.9. The van der Waals surface area contributed by atoms with E-state index in [2.05, 4.69) is 0 Å². The van der Waals surface area contributed by atoms with E-state index in [9.17, 15) is 28.5 Å². The molecule has 240 valence electrons. The molecule has 0 fully saturated rings. The third-order valence-electron chi connectivity index (χ3n) is 5.81. The Morgan fingerprint density at radius 1 is 0.525 bits per heavy atom. The summed E-state index contributed by atoms with van der Waals surface area (Å²) >= 11 is 0. The third-order valence-corrected chi connectivity index (χ3v) is 13.6. The number of rotatable bonds is 18. The van der Waals surface area contributed by atoms with Crippen molar-refractivity contribution in [1.82, 2.24) is 9.80 Å². The maximum Gasteiger partial charge on any atom is 1.00 e. The average molecular weight is 679 g/mol. The maximum atomic E-state index is 11.1. The first-order chi connectivity index (χ1) is 16.9. The van der Waals surface area contributed by atoms with E-state index in [1.54, 1.807) is 23.9 Å². The Morgan fingerprint density at radius 2 is 0.750 bits per heavy atom. The molecule has 0 unspecified atom stereocenters.